The second kappa shape index (κ2) is 6.36. The van der Waals surface area contributed by atoms with E-state index in [-0.39, 0.29) is 22.7 Å². The molecule has 1 aromatic heterocycles. The summed E-state index contributed by atoms with van der Waals surface area (Å²) in [5, 5.41) is 3.24. The first kappa shape index (κ1) is 15.2. The zero-order valence-electron chi connectivity index (χ0n) is 8.98. The van der Waals surface area contributed by atoms with Gasteiger partial charge in [0.1, 0.15) is 4.21 Å². The van der Waals surface area contributed by atoms with Crippen molar-refractivity contribution >= 4 is 45.4 Å². The van der Waals surface area contributed by atoms with Crippen LogP contribution in [0.15, 0.2) is 16.3 Å². The Labute approximate surface area is 116 Å². The van der Waals surface area contributed by atoms with Crippen molar-refractivity contribution in [2.24, 2.45) is 0 Å². The van der Waals surface area contributed by atoms with Gasteiger partial charge in [-0.15, -0.1) is 23.7 Å². The lowest BCUT2D eigenvalue weighted by molar-refractivity contribution is 0.553. The van der Waals surface area contributed by atoms with Crippen LogP contribution in [0, 0.1) is 0 Å². The summed E-state index contributed by atoms with van der Waals surface area (Å²) in [7, 11) is -3.38. The maximum absolute atomic E-state index is 11.8. The molecular formula is C9H14Cl2N2O2S2. The van der Waals surface area contributed by atoms with Gasteiger partial charge >= 0.3 is 0 Å². The molecule has 0 aliphatic carbocycles. The van der Waals surface area contributed by atoms with Gasteiger partial charge in [-0.2, -0.15) is 0 Å². The van der Waals surface area contributed by atoms with Crippen LogP contribution in [0.3, 0.4) is 0 Å². The molecule has 0 bridgehead atoms. The van der Waals surface area contributed by atoms with Crippen molar-refractivity contribution < 1.29 is 8.42 Å². The number of rotatable bonds is 4. The second-order valence-corrected chi connectivity index (χ2v) is 7.41. The summed E-state index contributed by atoms with van der Waals surface area (Å²) in [6.07, 6.45) is 2.13. The van der Waals surface area contributed by atoms with E-state index in [0.29, 0.717) is 10.9 Å². The Hall–Kier alpha value is 0.150. The first-order valence-electron chi connectivity index (χ1n) is 5.06. The van der Waals surface area contributed by atoms with Gasteiger partial charge in [-0.05, 0) is 31.5 Å². The van der Waals surface area contributed by atoms with E-state index in [4.69, 9.17) is 11.6 Å². The summed E-state index contributed by atoms with van der Waals surface area (Å²) in [5.74, 6) is 0. The van der Waals surface area contributed by atoms with Gasteiger partial charge in [0.25, 0.3) is 0 Å². The number of nitrogens with one attached hydrogen (secondary N) is 2. The highest BCUT2D eigenvalue weighted by Crippen LogP contribution is 2.25. The molecule has 1 fully saturated rings. The van der Waals surface area contributed by atoms with Crippen LogP contribution >= 0.6 is 35.3 Å². The molecule has 98 valence electrons. The third-order valence-electron chi connectivity index (χ3n) is 2.50. The normalized spacial score (nSPS) is 20.2. The Bertz CT molecular complexity index is 455. The van der Waals surface area contributed by atoms with Crippen molar-refractivity contribution in [1.82, 2.24) is 10.0 Å². The number of thiophene rings is 1. The molecule has 0 radical (unpaired) electrons. The molecule has 1 unspecified atom stereocenters. The summed E-state index contributed by atoms with van der Waals surface area (Å²) >= 11 is 6.78. The third kappa shape index (κ3) is 4.08. The molecule has 1 aliphatic heterocycles. The third-order valence-corrected chi connectivity index (χ3v) is 5.64. The van der Waals surface area contributed by atoms with Crippen LogP contribution in [0.25, 0.3) is 0 Å². The van der Waals surface area contributed by atoms with E-state index >= 15 is 0 Å². The molecule has 2 N–H and O–H groups in total. The van der Waals surface area contributed by atoms with Crippen LogP contribution < -0.4 is 10.0 Å². The highest BCUT2D eigenvalue weighted by molar-refractivity contribution is 7.91. The van der Waals surface area contributed by atoms with E-state index in [0.717, 1.165) is 30.7 Å². The van der Waals surface area contributed by atoms with E-state index in [9.17, 15) is 8.42 Å². The number of hydrogen-bond acceptors (Lipinski definition) is 4. The predicted octanol–water partition coefficient (Wildman–Crippen LogP) is 1.85. The Morgan fingerprint density at radius 2 is 2.29 bits per heavy atom. The molecule has 8 heteroatoms. The van der Waals surface area contributed by atoms with Crippen molar-refractivity contribution in [2.75, 3.05) is 13.1 Å². The van der Waals surface area contributed by atoms with Crippen molar-refractivity contribution in [2.45, 2.75) is 23.1 Å². The summed E-state index contributed by atoms with van der Waals surface area (Å²) in [6, 6.07) is 3.37. The van der Waals surface area contributed by atoms with Crippen molar-refractivity contribution in [3.05, 3.63) is 16.5 Å². The second-order valence-electron chi connectivity index (χ2n) is 3.70. The molecule has 1 atom stereocenters. The molecule has 0 amide bonds. The average Bonchev–Trinajstić information content (AvgIpc) is 2.85. The Kier molecular flexibility index (Phi) is 5.69. The molecule has 2 heterocycles. The van der Waals surface area contributed by atoms with E-state index in [1.807, 2.05) is 0 Å². The molecule has 0 aromatic carbocycles. The lowest BCUT2D eigenvalue weighted by Gasteiger charge is -2.10. The van der Waals surface area contributed by atoms with E-state index in [2.05, 4.69) is 10.0 Å². The van der Waals surface area contributed by atoms with Crippen LogP contribution in [-0.2, 0) is 10.0 Å². The molecule has 4 nitrogen and oxygen atoms in total. The van der Waals surface area contributed by atoms with Crippen LogP contribution in [-0.4, -0.2) is 27.5 Å². The summed E-state index contributed by atoms with van der Waals surface area (Å²) < 4.78 is 27.0. The topological polar surface area (TPSA) is 58.2 Å². The number of sulfonamides is 1. The minimum absolute atomic E-state index is 0. The van der Waals surface area contributed by atoms with Crippen LogP contribution in [0.1, 0.15) is 12.8 Å². The van der Waals surface area contributed by atoms with E-state index < -0.39 is 10.0 Å². The average molecular weight is 317 g/mol. The smallest absolute Gasteiger partial charge is 0.250 e. The van der Waals surface area contributed by atoms with Gasteiger partial charge in [-0.1, -0.05) is 11.6 Å². The molecule has 2 rings (SSSR count). The van der Waals surface area contributed by atoms with Gasteiger partial charge in [0.2, 0.25) is 10.0 Å². The van der Waals surface area contributed by atoms with Crippen LogP contribution in [0.5, 0.6) is 0 Å². The zero-order chi connectivity index (χ0) is 11.6. The van der Waals surface area contributed by atoms with Gasteiger partial charge in [0.05, 0.1) is 4.34 Å². The molecule has 0 spiro atoms. The van der Waals surface area contributed by atoms with Crippen LogP contribution in [0.2, 0.25) is 4.34 Å². The van der Waals surface area contributed by atoms with Gasteiger partial charge in [-0.3, -0.25) is 0 Å². The van der Waals surface area contributed by atoms with E-state index in [1.54, 1.807) is 6.07 Å². The maximum atomic E-state index is 11.8. The molecule has 1 aromatic rings. The van der Waals surface area contributed by atoms with E-state index in [1.165, 1.54) is 6.07 Å². The number of hydrogen-bond donors (Lipinski definition) is 2. The van der Waals surface area contributed by atoms with Gasteiger partial charge in [0, 0.05) is 12.6 Å². The van der Waals surface area contributed by atoms with Crippen LogP contribution in [0.4, 0.5) is 0 Å². The fraction of sp³-hybridized carbons (Fsp3) is 0.556. The summed E-state index contributed by atoms with van der Waals surface area (Å²) in [6.45, 7) is 1.41. The fourth-order valence-electron chi connectivity index (χ4n) is 1.65. The molecule has 1 aliphatic rings. The Morgan fingerprint density at radius 3 is 2.82 bits per heavy atom. The lowest BCUT2D eigenvalue weighted by Crippen LogP contribution is -2.36. The fourth-order valence-corrected chi connectivity index (χ4v) is 4.26. The predicted molar refractivity (Wildman–Crippen MR) is 72.8 cm³/mol. The van der Waals surface area contributed by atoms with Crippen molar-refractivity contribution in [3.63, 3.8) is 0 Å². The van der Waals surface area contributed by atoms with Gasteiger partial charge in [-0.25, -0.2) is 13.1 Å². The first-order chi connectivity index (χ1) is 7.58. The SMILES string of the molecule is Cl.O=S(=O)(NCC1CCCN1)c1ccc(Cl)s1. The van der Waals surface area contributed by atoms with Gasteiger partial charge in [0.15, 0.2) is 0 Å². The van der Waals surface area contributed by atoms with Crippen molar-refractivity contribution in [1.29, 1.82) is 0 Å². The first-order valence-corrected chi connectivity index (χ1v) is 7.74. The molecule has 1 saturated heterocycles. The van der Waals surface area contributed by atoms with Crippen molar-refractivity contribution in [3.8, 4) is 0 Å². The minimum Gasteiger partial charge on any atom is -0.313 e. The van der Waals surface area contributed by atoms with Gasteiger partial charge < -0.3 is 5.32 Å². The summed E-state index contributed by atoms with van der Waals surface area (Å²) in [4.78, 5) is 0. The Morgan fingerprint density at radius 1 is 1.53 bits per heavy atom. The highest BCUT2D eigenvalue weighted by Gasteiger charge is 2.20. The minimum atomic E-state index is -3.38. The lowest BCUT2D eigenvalue weighted by atomic mass is 10.2. The molecular weight excluding hydrogens is 303 g/mol. The quantitative estimate of drug-likeness (QED) is 0.891. The molecule has 0 saturated carbocycles. The monoisotopic (exact) mass is 316 g/mol. The molecule has 17 heavy (non-hydrogen) atoms. The number of halogens is 2. The standard InChI is InChI=1S/C9H13ClN2O2S2.ClH/c10-8-3-4-9(15-8)16(13,14)12-6-7-2-1-5-11-7;/h3-4,7,11-12H,1-2,5-6H2;1H. The summed E-state index contributed by atoms with van der Waals surface area (Å²) in [5.41, 5.74) is 0. The zero-order valence-corrected chi connectivity index (χ0v) is 12.2. The maximum Gasteiger partial charge on any atom is 0.250 e. The largest absolute Gasteiger partial charge is 0.313 e. The Balaban J connectivity index is 0.00000144. The highest BCUT2D eigenvalue weighted by atomic mass is 35.5.